The number of aryl methyl sites for hydroxylation is 2. The molecule has 1 fully saturated rings. The van der Waals surface area contributed by atoms with Gasteiger partial charge in [0.05, 0.1) is 12.7 Å². The van der Waals surface area contributed by atoms with Crippen LogP contribution >= 0.6 is 0 Å². The summed E-state index contributed by atoms with van der Waals surface area (Å²) in [6, 6.07) is 17.1. The maximum atomic E-state index is 9.61. The monoisotopic (exact) mass is 296 g/mol. The predicted octanol–water partition coefficient (Wildman–Crippen LogP) is 3.96. The highest BCUT2D eigenvalue weighted by Crippen LogP contribution is 2.59. The molecule has 1 N–H and O–H groups in total. The fourth-order valence-electron chi connectivity index (χ4n) is 3.57. The summed E-state index contributed by atoms with van der Waals surface area (Å²) >= 11 is 0. The molecule has 116 valence electrons. The molecule has 3 rings (SSSR count). The summed E-state index contributed by atoms with van der Waals surface area (Å²) in [7, 11) is 0. The van der Waals surface area contributed by atoms with E-state index in [1.165, 1.54) is 11.1 Å². The van der Waals surface area contributed by atoms with Gasteiger partial charge < -0.3 is 9.84 Å². The van der Waals surface area contributed by atoms with E-state index in [0.717, 1.165) is 11.1 Å². The van der Waals surface area contributed by atoms with Crippen molar-refractivity contribution in [2.75, 3.05) is 6.61 Å². The SMILES string of the molecule is Cc1ccc(C2(c3ccc(C)cc3)OC(CO)C2(C)C)cc1. The summed E-state index contributed by atoms with van der Waals surface area (Å²) in [6.07, 6.45) is -0.143. The molecule has 22 heavy (non-hydrogen) atoms. The van der Waals surface area contributed by atoms with Crippen molar-refractivity contribution in [1.29, 1.82) is 0 Å². The predicted molar refractivity (Wildman–Crippen MR) is 88.9 cm³/mol. The Morgan fingerprint density at radius 1 is 0.864 bits per heavy atom. The Kier molecular flexibility index (Phi) is 3.62. The fraction of sp³-hybridized carbons (Fsp3) is 0.400. The van der Waals surface area contributed by atoms with Gasteiger partial charge in [-0.1, -0.05) is 73.5 Å². The van der Waals surface area contributed by atoms with Crippen molar-refractivity contribution in [3.63, 3.8) is 0 Å². The molecule has 2 aromatic carbocycles. The molecule has 2 heteroatoms. The summed E-state index contributed by atoms with van der Waals surface area (Å²) in [5.41, 5.74) is 4.10. The fourth-order valence-corrected chi connectivity index (χ4v) is 3.57. The van der Waals surface area contributed by atoms with Crippen LogP contribution in [-0.4, -0.2) is 17.8 Å². The normalized spacial score (nSPS) is 22.1. The smallest absolute Gasteiger partial charge is 0.126 e. The maximum absolute atomic E-state index is 9.61. The first-order valence-corrected chi connectivity index (χ1v) is 7.85. The molecule has 1 aliphatic heterocycles. The number of benzene rings is 2. The van der Waals surface area contributed by atoms with E-state index in [0.29, 0.717) is 0 Å². The number of hydrogen-bond acceptors (Lipinski definition) is 2. The molecule has 0 radical (unpaired) electrons. The number of aliphatic hydroxyl groups is 1. The van der Waals surface area contributed by atoms with Gasteiger partial charge in [-0.3, -0.25) is 0 Å². The number of rotatable bonds is 3. The Morgan fingerprint density at radius 3 is 1.59 bits per heavy atom. The van der Waals surface area contributed by atoms with Gasteiger partial charge in [0.2, 0.25) is 0 Å². The third-order valence-electron chi connectivity index (χ3n) is 5.11. The topological polar surface area (TPSA) is 29.5 Å². The van der Waals surface area contributed by atoms with Gasteiger partial charge in [-0.15, -0.1) is 0 Å². The molecule has 1 unspecified atom stereocenters. The average Bonchev–Trinajstić information content (AvgIpc) is 2.50. The van der Waals surface area contributed by atoms with E-state index < -0.39 is 5.60 Å². The highest BCUT2D eigenvalue weighted by Gasteiger charge is 2.63. The van der Waals surface area contributed by atoms with Crippen LogP contribution in [0.4, 0.5) is 0 Å². The summed E-state index contributed by atoms with van der Waals surface area (Å²) in [5, 5.41) is 9.61. The molecule has 0 amide bonds. The highest BCUT2D eigenvalue weighted by atomic mass is 16.6. The van der Waals surface area contributed by atoms with Crippen LogP contribution < -0.4 is 0 Å². The minimum absolute atomic E-state index is 0.0481. The zero-order valence-electron chi connectivity index (χ0n) is 13.8. The summed E-state index contributed by atoms with van der Waals surface area (Å²) < 4.78 is 6.29. The van der Waals surface area contributed by atoms with Gasteiger partial charge in [-0.05, 0) is 25.0 Å². The highest BCUT2D eigenvalue weighted by molar-refractivity contribution is 5.44. The second kappa shape index (κ2) is 5.22. The van der Waals surface area contributed by atoms with Crippen LogP contribution in [0, 0.1) is 19.3 Å². The third kappa shape index (κ3) is 2.02. The summed E-state index contributed by atoms with van der Waals surface area (Å²) in [5.74, 6) is 0. The molecule has 1 heterocycles. The van der Waals surface area contributed by atoms with Crippen LogP contribution in [0.2, 0.25) is 0 Å². The van der Waals surface area contributed by atoms with E-state index in [1.54, 1.807) is 0 Å². The standard InChI is InChI=1S/C20H24O2/c1-14-5-9-16(10-6-14)20(17-11-7-15(2)8-12-17)19(3,4)18(13-21)22-20/h5-12,18,21H,13H2,1-4H3. The Balaban J connectivity index is 2.16. The Hall–Kier alpha value is -1.64. The van der Waals surface area contributed by atoms with Gasteiger partial charge in [-0.2, -0.15) is 0 Å². The molecule has 1 aliphatic rings. The minimum Gasteiger partial charge on any atom is -0.394 e. The average molecular weight is 296 g/mol. The largest absolute Gasteiger partial charge is 0.394 e. The van der Waals surface area contributed by atoms with Crippen LogP contribution in [0.15, 0.2) is 48.5 Å². The lowest BCUT2D eigenvalue weighted by molar-refractivity contribution is -0.303. The molecular weight excluding hydrogens is 272 g/mol. The summed E-state index contributed by atoms with van der Waals surface area (Å²) in [6.45, 7) is 8.58. The third-order valence-corrected chi connectivity index (χ3v) is 5.11. The van der Waals surface area contributed by atoms with Crippen LogP contribution in [0.1, 0.15) is 36.1 Å². The minimum atomic E-state index is -0.498. The van der Waals surface area contributed by atoms with Crippen molar-refractivity contribution in [2.24, 2.45) is 5.41 Å². The lowest BCUT2D eigenvalue weighted by Crippen LogP contribution is -2.65. The Morgan fingerprint density at radius 2 is 1.27 bits per heavy atom. The Labute approximate surface area is 132 Å². The Bertz CT molecular complexity index is 608. The second-order valence-corrected chi connectivity index (χ2v) is 6.92. The van der Waals surface area contributed by atoms with E-state index in [2.05, 4.69) is 76.2 Å². The zero-order valence-corrected chi connectivity index (χ0v) is 13.8. The van der Waals surface area contributed by atoms with Crippen molar-refractivity contribution in [3.05, 3.63) is 70.8 Å². The van der Waals surface area contributed by atoms with E-state index in [1.807, 2.05) is 0 Å². The maximum Gasteiger partial charge on any atom is 0.126 e. The van der Waals surface area contributed by atoms with E-state index in [9.17, 15) is 5.11 Å². The first kappa shape index (κ1) is 15.3. The molecule has 0 spiro atoms. The zero-order chi connectivity index (χ0) is 16.0. The van der Waals surface area contributed by atoms with E-state index in [4.69, 9.17) is 4.74 Å². The molecular formula is C20H24O2. The lowest BCUT2D eigenvalue weighted by Gasteiger charge is -2.61. The van der Waals surface area contributed by atoms with Crippen molar-refractivity contribution < 1.29 is 9.84 Å². The van der Waals surface area contributed by atoms with Gasteiger partial charge in [0.1, 0.15) is 5.60 Å². The van der Waals surface area contributed by atoms with Gasteiger partial charge in [0.15, 0.2) is 0 Å². The second-order valence-electron chi connectivity index (χ2n) is 6.92. The van der Waals surface area contributed by atoms with Crippen molar-refractivity contribution in [2.45, 2.75) is 39.4 Å². The van der Waals surface area contributed by atoms with Crippen LogP contribution in [0.25, 0.3) is 0 Å². The van der Waals surface area contributed by atoms with Gasteiger partial charge in [-0.25, -0.2) is 0 Å². The molecule has 0 aliphatic carbocycles. The molecule has 1 saturated heterocycles. The van der Waals surface area contributed by atoms with Gasteiger partial charge >= 0.3 is 0 Å². The number of ether oxygens (including phenoxy) is 1. The molecule has 0 saturated carbocycles. The molecule has 2 aromatic rings. The lowest BCUT2D eigenvalue weighted by atomic mass is 9.59. The molecule has 0 aromatic heterocycles. The van der Waals surface area contributed by atoms with Crippen LogP contribution in [0.3, 0.4) is 0 Å². The quantitative estimate of drug-likeness (QED) is 0.929. The number of aliphatic hydroxyl groups excluding tert-OH is 1. The van der Waals surface area contributed by atoms with Crippen LogP contribution in [0.5, 0.6) is 0 Å². The summed E-state index contributed by atoms with van der Waals surface area (Å²) in [4.78, 5) is 0. The number of hydrogen-bond donors (Lipinski definition) is 1. The van der Waals surface area contributed by atoms with Crippen LogP contribution in [-0.2, 0) is 10.3 Å². The van der Waals surface area contributed by atoms with Crippen molar-refractivity contribution in [3.8, 4) is 0 Å². The van der Waals surface area contributed by atoms with Gasteiger partial charge in [0, 0.05) is 5.41 Å². The molecule has 0 bridgehead atoms. The van der Waals surface area contributed by atoms with E-state index >= 15 is 0 Å². The molecule has 2 nitrogen and oxygen atoms in total. The van der Waals surface area contributed by atoms with Crippen molar-refractivity contribution in [1.82, 2.24) is 0 Å². The van der Waals surface area contributed by atoms with Crippen molar-refractivity contribution >= 4 is 0 Å². The van der Waals surface area contributed by atoms with Gasteiger partial charge in [0.25, 0.3) is 0 Å². The first-order valence-electron chi connectivity index (χ1n) is 7.85. The van der Waals surface area contributed by atoms with E-state index in [-0.39, 0.29) is 18.1 Å². The molecule has 1 atom stereocenters. The first-order chi connectivity index (χ1) is 10.4.